The third-order valence-corrected chi connectivity index (χ3v) is 10.5. The maximum atomic E-state index is 13.9. The van der Waals surface area contributed by atoms with Crippen molar-refractivity contribution in [2.24, 2.45) is 11.8 Å². The van der Waals surface area contributed by atoms with Crippen molar-refractivity contribution in [2.45, 2.75) is 32.1 Å². The molecule has 3 heterocycles. The molecule has 2 fully saturated rings. The van der Waals surface area contributed by atoms with E-state index in [0.717, 1.165) is 35.3 Å². The van der Waals surface area contributed by atoms with E-state index in [-0.39, 0.29) is 23.2 Å². The van der Waals surface area contributed by atoms with Gasteiger partial charge in [0, 0.05) is 49.9 Å². The molecule has 5 rings (SSSR count). The van der Waals surface area contributed by atoms with Crippen molar-refractivity contribution >= 4 is 66.6 Å². The van der Waals surface area contributed by atoms with Crippen molar-refractivity contribution in [3.63, 3.8) is 0 Å². The Morgan fingerprint density at radius 1 is 1.12 bits per heavy atom. The van der Waals surface area contributed by atoms with Crippen LogP contribution in [0.5, 0.6) is 0 Å². The summed E-state index contributed by atoms with van der Waals surface area (Å²) in [7, 11) is -3.63. The Labute approximate surface area is 251 Å². The van der Waals surface area contributed by atoms with Crippen molar-refractivity contribution in [3.05, 3.63) is 52.5 Å². The monoisotopic (exact) mass is 626 g/mol. The molecule has 2 saturated heterocycles. The first-order valence-corrected chi connectivity index (χ1v) is 16.0. The van der Waals surface area contributed by atoms with Crippen LogP contribution in [0.4, 0.5) is 5.13 Å². The number of nitrogens with zero attached hydrogens (tertiary/aromatic N) is 4. The highest BCUT2D eigenvalue weighted by Gasteiger charge is 2.32. The van der Waals surface area contributed by atoms with E-state index in [9.17, 15) is 13.2 Å². The summed E-state index contributed by atoms with van der Waals surface area (Å²) >= 11 is 7.72. The number of anilines is 1. The molecule has 3 aromatic rings. The number of ether oxygens (including phenoxy) is 1. The second-order valence-corrected chi connectivity index (χ2v) is 14.2. The fraction of sp³-hybridized carbons (Fsp3) is 0.500. The molecule has 40 heavy (non-hydrogen) atoms. The van der Waals surface area contributed by atoms with Crippen LogP contribution < -0.4 is 4.90 Å². The quantitative estimate of drug-likeness (QED) is 0.353. The van der Waals surface area contributed by atoms with E-state index in [1.807, 2.05) is 19.1 Å². The highest BCUT2D eigenvalue weighted by molar-refractivity contribution is 7.89. The summed E-state index contributed by atoms with van der Waals surface area (Å²) in [4.78, 5) is 22.9. The number of rotatable bonds is 7. The Bertz CT molecular complexity index is 1430. The van der Waals surface area contributed by atoms with E-state index >= 15 is 0 Å². The van der Waals surface area contributed by atoms with Crippen LogP contribution in [0.15, 0.2) is 41.3 Å². The standard InChI is InChI=1S/C28H35ClN4O4S2.ClH/c1-19-14-20(2)18-32(17-19)39(35,36)24-6-4-22(5-7-24)27(34)33(9-8-31-10-12-37-13-11-31)28-30-26-21(3)15-23(29)16-25(26)38-28;/h4-7,15-16,19-20H,8-14,17-18H2,1-3H3;1H. The maximum Gasteiger partial charge on any atom is 0.260 e. The van der Waals surface area contributed by atoms with E-state index in [1.165, 1.54) is 11.3 Å². The largest absolute Gasteiger partial charge is 0.379 e. The zero-order valence-electron chi connectivity index (χ0n) is 23.0. The first-order valence-electron chi connectivity index (χ1n) is 13.4. The third-order valence-electron chi connectivity index (χ3n) is 7.43. The number of carbonyl (C=O) groups excluding carboxylic acids is 1. The van der Waals surface area contributed by atoms with Gasteiger partial charge in [0.05, 0.1) is 28.3 Å². The van der Waals surface area contributed by atoms with Gasteiger partial charge in [0.25, 0.3) is 5.91 Å². The van der Waals surface area contributed by atoms with Gasteiger partial charge < -0.3 is 4.74 Å². The van der Waals surface area contributed by atoms with Gasteiger partial charge in [-0.05, 0) is 67.1 Å². The Kier molecular flexibility index (Phi) is 10.1. The molecule has 12 heteroatoms. The number of sulfonamides is 1. The van der Waals surface area contributed by atoms with Crippen molar-refractivity contribution in [2.75, 3.05) is 57.4 Å². The lowest BCUT2D eigenvalue weighted by Crippen LogP contribution is -2.43. The lowest BCUT2D eigenvalue weighted by atomic mass is 9.94. The molecular formula is C28H36Cl2N4O4S2. The van der Waals surface area contributed by atoms with E-state index in [2.05, 4.69) is 18.7 Å². The van der Waals surface area contributed by atoms with Gasteiger partial charge in [-0.3, -0.25) is 14.6 Å². The van der Waals surface area contributed by atoms with Crippen molar-refractivity contribution < 1.29 is 17.9 Å². The Morgan fingerprint density at radius 3 is 2.42 bits per heavy atom. The Hall–Kier alpha value is -1.79. The number of hydrogen-bond donors (Lipinski definition) is 0. The van der Waals surface area contributed by atoms with Crippen LogP contribution in [0, 0.1) is 18.8 Å². The summed E-state index contributed by atoms with van der Waals surface area (Å²) in [6.45, 7) is 11.3. The van der Waals surface area contributed by atoms with Gasteiger partial charge in [-0.15, -0.1) is 12.4 Å². The van der Waals surface area contributed by atoms with E-state index in [4.69, 9.17) is 21.3 Å². The highest BCUT2D eigenvalue weighted by Crippen LogP contribution is 2.34. The summed E-state index contributed by atoms with van der Waals surface area (Å²) < 4.78 is 34.7. The predicted molar refractivity (Wildman–Crippen MR) is 164 cm³/mol. The summed E-state index contributed by atoms with van der Waals surface area (Å²) in [5.41, 5.74) is 2.21. The van der Waals surface area contributed by atoms with Crippen LogP contribution in [0.1, 0.15) is 36.2 Å². The molecule has 0 N–H and O–H groups in total. The van der Waals surface area contributed by atoms with Crippen molar-refractivity contribution in [1.82, 2.24) is 14.2 Å². The van der Waals surface area contributed by atoms with E-state index in [1.54, 1.807) is 33.5 Å². The van der Waals surface area contributed by atoms with Gasteiger partial charge in [-0.1, -0.05) is 36.8 Å². The number of carbonyl (C=O) groups is 1. The summed E-state index contributed by atoms with van der Waals surface area (Å²) in [5, 5.41) is 1.23. The molecule has 2 atom stereocenters. The second-order valence-electron chi connectivity index (χ2n) is 10.8. The minimum Gasteiger partial charge on any atom is -0.379 e. The molecule has 0 spiro atoms. The van der Waals surface area contributed by atoms with Crippen molar-refractivity contribution in [3.8, 4) is 0 Å². The Morgan fingerprint density at radius 2 is 1.77 bits per heavy atom. The molecule has 218 valence electrons. The molecule has 1 amide bonds. The molecule has 2 unspecified atom stereocenters. The van der Waals surface area contributed by atoms with E-state index in [0.29, 0.717) is 66.9 Å². The second kappa shape index (κ2) is 13.0. The number of fused-ring (bicyclic) bond motifs is 1. The summed E-state index contributed by atoms with van der Waals surface area (Å²) in [6, 6.07) is 10.1. The number of aromatic nitrogens is 1. The number of halogens is 2. The van der Waals surface area contributed by atoms with Crippen molar-refractivity contribution in [1.29, 1.82) is 0 Å². The minimum absolute atomic E-state index is 0. The van der Waals surface area contributed by atoms with Gasteiger partial charge in [-0.2, -0.15) is 4.31 Å². The fourth-order valence-corrected chi connectivity index (χ4v) is 8.61. The smallest absolute Gasteiger partial charge is 0.260 e. The average Bonchev–Trinajstić information content (AvgIpc) is 3.33. The van der Waals surface area contributed by atoms with Crippen LogP contribution in [0.3, 0.4) is 0 Å². The van der Waals surface area contributed by atoms with Gasteiger partial charge in [0.1, 0.15) is 0 Å². The van der Waals surface area contributed by atoms with Crippen LogP contribution in [0.2, 0.25) is 5.02 Å². The van der Waals surface area contributed by atoms with E-state index < -0.39 is 10.0 Å². The lowest BCUT2D eigenvalue weighted by Gasteiger charge is -2.34. The molecule has 0 radical (unpaired) electrons. The molecule has 0 saturated carbocycles. The average molecular weight is 628 g/mol. The Balaban J connectivity index is 0.00000370. The number of thiazole rings is 1. The van der Waals surface area contributed by atoms with Crippen LogP contribution in [-0.4, -0.2) is 81.0 Å². The molecule has 0 bridgehead atoms. The molecular weight excluding hydrogens is 591 g/mol. The van der Waals surface area contributed by atoms with Crippen LogP contribution >= 0.6 is 35.3 Å². The number of piperidine rings is 1. The minimum atomic E-state index is -3.63. The number of hydrogen-bond acceptors (Lipinski definition) is 7. The molecule has 8 nitrogen and oxygen atoms in total. The van der Waals surface area contributed by atoms with Gasteiger partial charge in [0.15, 0.2) is 5.13 Å². The molecule has 2 aliphatic heterocycles. The molecule has 2 aromatic carbocycles. The molecule has 1 aromatic heterocycles. The zero-order chi connectivity index (χ0) is 27.7. The van der Waals surface area contributed by atoms with Crippen LogP contribution in [-0.2, 0) is 14.8 Å². The van der Waals surface area contributed by atoms with Gasteiger partial charge in [-0.25, -0.2) is 13.4 Å². The summed E-state index contributed by atoms with van der Waals surface area (Å²) in [6.07, 6.45) is 1.03. The highest BCUT2D eigenvalue weighted by atomic mass is 35.5. The number of aryl methyl sites for hydroxylation is 1. The first-order chi connectivity index (χ1) is 18.6. The zero-order valence-corrected chi connectivity index (χ0v) is 26.2. The van der Waals surface area contributed by atoms with Gasteiger partial charge in [0.2, 0.25) is 10.0 Å². The molecule has 0 aliphatic carbocycles. The third kappa shape index (κ3) is 6.81. The number of amides is 1. The number of benzene rings is 2. The SMILES string of the molecule is Cc1cc(Cl)cc2sc(N(CCN3CCOCC3)C(=O)c3ccc(S(=O)(=O)N4CC(C)CC(C)C4)cc3)nc12.Cl. The number of morpholine rings is 1. The topological polar surface area (TPSA) is 83.0 Å². The summed E-state index contributed by atoms with van der Waals surface area (Å²) in [5.74, 6) is 0.420. The van der Waals surface area contributed by atoms with Crippen LogP contribution in [0.25, 0.3) is 10.2 Å². The first kappa shape index (κ1) is 31.2. The van der Waals surface area contributed by atoms with Gasteiger partial charge >= 0.3 is 0 Å². The predicted octanol–water partition coefficient (Wildman–Crippen LogP) is 5.33. The normalized spacial score (nSPS) is 20.8. The lowest BCUT2D eigenvalue weighted by molar-refractivity contribution is 0.0391. The molecule has 2 aliphatic rings. The maximum absolute atomic E-state index is 13.9. The fourth-order valence-electron chi connectivity index (χ4n) is 5.48.